The summed E-state index contributed by atoms with van der Waals surface area (Å²) in [5.74, 6) is 0.753. The summed E-state index contributed by atoms with van der Waals surface area (Å²) in [6, 6.07) is 6.38. The van der Waals surface area contributed by atoms with Crippen LogP contribution in [-0.2, 0) is 6.42 Å². The van der Waals surface area contributed by atoms with Crippen molar-refractivity contribution in [3.8, 4) is 0 Å². The number of hydrogen-bond acceptors (Lipinski definition) is 1. The van der Waals surface area contributed by atoms with Crippen LogP contribution in [-0.4, -0.2) is 0 Å². The number of allylic oxidation sites excluding steroid dienone is 2. The summed E-state index contributed by atoms with van der Waals surface area (Å²) < 4.78 is 0. The second-order valence-corrected chi connectivity index (χ2v) is 5.42. The molecule has 0 saturated carbocycles. The molecule has 1 aromatic rings. The van der Waals surface area contributed by atoms with Crippen LogP contribution in [0.25, 0.3) is 5.57 Å². The molecule has 0 spiro atoms. The molecule has 1 aromatic carbocycles. The molecule has 1 aliphatic carbocycles. The second-order valence-electron chi connectivity index (χ2n) is 5.42. The number of nitrogens with two attached hydrogens (primary N) is 1. The van der Waals surface area contributed by atoms with E-state index in [0.29, 0.717) is 0 Å². The summed E-state index contributed by atoms with van der Waals surface area (Å²) >= 11 is 0. The second kappa shape index (κ2) is 6.08. The number of rotatable bonds is 5. The summed E-state index contributed by atoms with van der Waals surface area (Å²) in [7, 11) is 0. The van der Waals surface area contributed by atoms with Gasteiger partial charge in [0.05, 0.1) is 0 Å². The largest absolute Gasteiger partial charge is 0.399 e. The molecule has 1 aliphatic rings. The molecule has 2 rings (SSSR count). The lowest BCUT2D eigenvalue weighted by molar-refractivity contribution is 0.540. The molecule has 1 atom stereocenters. The van der Waals surface area contributed by atoms with Crippen molar-refractivity contribution in [1.82, 2.24) is 0 Å². The number of anilines is 1. The van der Waals surface area contributed by atoms with Crippen LogP contribution in [0.15, 0.2) is 24.3 Å². The van der Waals surface area contributed by atoms with Gasteiger partial charge in [0, 0.05) is 5.69 Å². The quantitative estimate of drug-likeness (QED) is 0.737. The normalized spacial score (nSPS) is 18.0. The van der Waals surface area contributed by atoms with E-state index in [1.807, 2.05) is 6.07 Å². The van der Waals surface area contributed by atoms with Gasteiger partial charge in [-0.25, -0.2) is 0 Å². The number of unbranched alkanes of at least 4 members (excludes halogenated alkanes) is 1. The average molecular weight is 243 g/mol. The van der Waals surface area contributed by atoms with Crippen LogP contribution in [0.1, 0.15) is 57.1 Å². The number of nitrogen functional groups attached to an aromatic ring is 1. The van der Waals surface area contributed by atoms with Crippen molar-refractivity contribution >= 4 is 11.3 Å². The summed E-state index contributed by atoms with van der Waals surface area (Å²) in [6.07, 6.45) is 10.1. The van der Waals surface area contributed by atoms with Gasteiger partial charge in [-0.15, -0.1) is 0 Å². The van der Waals surface area contributed by atoms with Crippen molar-refractivity contribution < 1.29 is 0 Å². The van der Waals surface area contributed by atoms with Crippen LogP contribution < -0.4 is 5.73 Å². The minimum Gasteiger partial charge on any atom is -0.399 e. The zero-order chi connectivity index (χ0) is 13.0. The van der Waals surface area contributed by atoms with Gasteiger partial charge in [-0.3, -0.25) is 0 Å². The van der Waals surface area contributed by atoms with Gasteiger partial charge in [-0.1, -0.05) is 38.8 Å². The smallest absolute Gasteiger partial charge is 0.0317 e. The first-order valence-corrected chi connectivity index (χ1v) is 7.34. The molecule has 98 valence electrons. The maximum Gasteiger partial charge on any atom is 0.0317 e. The summed E-state index contributed by atoms with van der Waals surface area (Å²) in [4.78, 5) is 0. The zero-order valence-corrected chi connectivity index (χ0v) is 11.7. The van der Waals surface area contributed by atoms with E-state index >= 15 is 0 Å². The number of fused-ring (bicyclic) bond motifs is 1. The van der Waals surface area contributed by atoms with Gasteiger partial charge in [0.25, 0.3) is 0 Å². The van der Waals surface area contributed by atoms with Gasteiger partial charge in [0.2, 0.25) is 0 Å². The minimum atomic E-state index is 0.753. The van der Waals surface area contributed by atoms with E-state index in [0.717, 1.165) is 18.0 Å². The highest BCUT2D eigenvalue weighted by atomic mass is 14.5. The molecule has 0 saturated heterocycles. The minimum absolute atomic E-state index is 0.753. The molecular weight excluding hydrogens is 218 g/mol. The van der Waals surface area contributed by atoms with Crippen LogP contribution in [0.4, 0.5) is 5.69 Å². The van der Waals surface area contributed by atoms with Crippen LogP contribution in [0.3, 0.4) is 0 Å². The van der Waals surface area contributed by atoms with Crippen molar-refractivity contribution in [2.45, 2.75) is 52.4 Å². The zero-order valence-electron chi connectivity index (χ0n) is 11.7. The van der Waals surface area contributed by atoms with Crippen LogP contribution in [0.2, 0.25) is 0 Å². The SMILES string of the molecule is CCCCC(C=C1CCc2cc(N)ccc21)CC. The molecule has 0 heterocycles. The van der Waals surface area contributed by atoms with Gasteiger partial charge < -0.3 is 5.73 Å². The van der Waals surface area contributed by atoms with E-state index in [1.54, 1.807) is 5.57 Å². The molecule has 1 heteroatoms. The van der Waals surface area contributed by atoms with Crippen molar-refractivity contribution in [1.29, 1.82) is 0 Å². The Kier molecular flexibility index (Phi) is 4.46. The molecular formula is C17H25N. The van der Waals surface area contributed by atoms with Crippen molar-refractivity contribution in [3.05, 3.63) is 35.4 Å². The fourth-order valence-electron chi connectivity index (χ4n) is 2.87. The van der Waals surface area contributed by atoms with E-state index in [9.17, 15) is 0 Å². The maximum absolute atomic E-state index is 5.85. The Bertz CT molecular complexity index is 431. The number of benzene rings is 1. The van der Waals surface area contributed by atoms with Crippen molar-refractivity contribution in [2.75, 3.05) is 5.73 Å². The van der Waals surface area contributed by atoms with E-state index in [1.165, 1.54) is 43.2 Å². The third-order valence-corrected chi connectivity index (χ3v) is 4.03. The molecule has 18 heavy (non-hydrogen) atoms. The first kappa shape index (κ1) is 13.2. The maximum atomic E-state index is 5.85. The first-order valence-electron chi connectivity index (χ1n) is 7.34. The molecule has 0 aliphatic heterocycles. The lowest BCUT2D eigenvalue weighted by Crippen LogP contribution is -1.95. The van der Waals surface area contributed by atoms with Gasteiger partial charge >= 0.3 is 0 Å². The number of aryl methyl sites for hydroxylation is 1. The lowest BCUT2D eigenvalue weighted by Gasteiger charge is -2.11. The van der Waals surface area contributed by atoms with Gasteiger partial charge in [-0.2, -0.15) is 0 Å². The Labute approximate surface area is 111 Å². The lowest BCUT2D eigenvalue weighted by atomic mass is 9.94. The van der Waals surface area contributed by atoms with E-state index in [2.05, 4.69) is 32.1 Å². The first-order chi connectivity index (χ1) is 8.74. The van der Waals surface area contributed by atoms with Crippen LogP contribution in [0.5, 0.6) is 0 Å². The van der Waals surface area contributed by atoms with Crippen molar-refractivity contribution in [2.24, 2.45) is 5.92 Å². The topological polar surface area (TPSA) is 26.0 Å². The summed E-state index contributed by atoms with van der Waals surface area (Å²) in [6.45, 7) is 4.57. The highest BCUT2D eigenvalue weighted by Gasteiger charge is 2.17. The molecule has 1 nitrogen and oxygen atoms in total. The van der Waals surface area contributed by atoms with Gasteiger partial charge in [0.1, 0.15) is 0 Å². The molecule has 1 unspecified atom stereocenters. The Morgan fingerprint density at radius 3 is 2.83 bits per heavy atom. The van der Waals surface area contributed by atoms with Gasteiger partial charge in [-0.05, 0) is 60.4 Å². The molecule has 0 aromatic heterocycles. The van der Waals surface area contributed by atoms with E-state index in [-0.39, 0.29) is 0 Å². The molecule has 0 amide bonds. The predicted octanol–water partition coefficient (Wildman–Crippen LogP) is 4.81. The Balaban J connectivity index is 2.16. The fraction of sp³-hybridized carbons (Fsp3) is 0.529. The van der Waals surface area contributed by atoms with Crippen molar-refractivity contribution in [3.63, 3.8) is 0 Å². The molecule has 0 fully saturated rings. The highest BCUT2D eigenvalue weighted by Crippen LogP contribution is 2.35. The summed E-state index contributed by atoms with van der Waals surface area (Å²) in [5.41, 5.74) is 11.2. The molecule has 0 radical (unpaired) electrons. The van der Waals surface area contributed by atoms with E-state index in [4.69, 9.17) is 5.73 Å². The number of hydrogen-bond donors (Lipinski definition) is 1. The predicted molar refractivity (Wildman–Crippen MR) is 80.5 cm³/mol. The van der Waals surface area contributed by atoms with E-state index < -0.39 is 0 Å². The molecule has 0 bridgehead atoms. The third kappa shape index (κ3) is 2.95. The Hall–Kier alpha value is -1.24. The van der Waals surface area contributed by atoms with Crippen LogP contribution >= 0.6 is 0 Å². The highest BCUT2D eigenvalue weighted by molar-refractivity contribution is 5.74. The Morgan fingerprint density at radius 2 is 2.11 bits per heavy atom. The average Bonchev–Trinajstić information content (AvgIpc) is 2.76. The van der Waals surface area contributed by atoms with Crippen LogP contribution in [0, 0.1) is 5.92 Å². The monoisotopic (exact) mass is 243 g/mol. The summed E-state index contributed by atoms with van der Waals surface area (Å²) in [5, 5.41) is 0. The standard InChI is InChI=1S/C17H25N/c1-3-5-6-13(4-2)11-14-7-8-15-12-16(18)9-10-17(14)15/h9-13H,3-8,18H2,1-2H3. The van der Waals surface area contributed by atoms with Gasteiger partial charge in [0.15, 0.2) is 0 Å². The fourth-order valence-corrected chi connectivity index (χ4v) is 2.87. The third-order valence-electron chi connectivity index (χ3n) is 4.03. The molecule has 2 N–H and O–H groups in total. The Morgan fingerprint density at radius 1 is 1.28 bits per heavy atom.